The van der Waals surface area contributed by atoms with E-state index in [2.05, 4.69) is 0 Å². The Balaban J connectivity index is 2.35. The third kappa shape index (κ3) is 3.47. The second-order valence-corrected chi connectivity index (χ2v) is 5.19. The highest BCUT2D eigenvalue weighted by Gasteiger charge is 2.19. The van der Waals surface area contributed by atoms with E-state index in [0.717, 1.165) is 17.4 Å². The second-order valence-electron chi connectivity index (χ2n) is 5.19. The lowest BCUT2D eigenvalue weighted by molar-refractivity contribution is -0.117. The summed E-state index contributed by atoms with van der Waals surface area (Å²) in [6.45, 7) is 1.18. The van der Waals surface area contributed by atoms with Gasteiger partial charge in [0.25, 0.3) is 0 Å². The molecule has 114 valence electrons. The van der Waals surface area contributed by atoms with Crippen LogP contribution in [0.25, 0.3) is 0 Å². The van der Waals surface area contributed by atoms with E-state index in [9.17, 15) is 14.7 Å². The molecule has 2 N–H and O–H groups in total. The van der Waals surface area contributed by atoms with Crippen molar-refractivity contribution in [2.45, 2.75) is 18.9 Å². The Morgan fingerprint density at radius 3 is 1.86 bits per heavy atom. The van der Waals surface area contributed by atoms with Crippen molar-refractivity contribution in [3.8, 4) is 0 Å². The summed E-state index contributed by atoms with van der Waals surface area (Å²) in [5, 5.41) is 18.5. The smallest absolute Gasteiger partial charge is 0.150 e. The molecule has 22 heavy (non-hydrogen) atoms. The van der Waals surface area contributed by atoms with Crippen molar-refractivity contribution >= 4 is 12.1 Å². The van der Waals surface area contributed by atoms with Crippen molar-refractivity contribution in [1.29, 1.82) is 0 Å². The summed E-state index contributed by atoms with van der Waals surface area (Å²) in [5.41, 5.74) is 2.78. The zero-order valence-corrected chi connectivity index (χ0v) is 12.3. The van der Waals surface area contributed by atoms with Gasteiger partial charge in [-0.25, -0.2) is 0 Å². The molecule has 2 atom stereocenters. The lowest BCUT2D eigenvalue weighted by atomic mass is 9.87. The van der Waals surface area contributed by atoms with Crippen molar-refractivity contribution in [1.82, 2.24) is 0 Å². The van der Waals surface area contributed by atoms with Crippen LogP contribution < -0.4 is 0 Å². The normalized spacial score (nSPS) is 13.4. The Hall–Kier alpha value is -2.30. The number of aldehydes is 1. The molecular weight excluding hydrogens is 280 g/mol. The number of carbonyl (C=O) groups excluding carboxylic acids is 2. The van der Waals surface area contributed by atoms with Crippen LogP contribution in [0.4, 0.5) is 0 Å². The Bertz CT molecular complexity index is 644. The fourth-order valence-corrected chi connectivity index (χ4v) is 2.44. The fourth-order valence-electron chi connectivity index (χ4n) is 2.44. The van der Waals surface area contributed by atoms with Gasteiger partial charge in [-0.2, -0.15) is 0 Å². The van der Waals surface area contributed by atoms with E-state index in [1.807, 2.05) is 0 Å². The molecule has 0 saturated heterocycles. The third-order valence-electron chi connectivity index (χ3n) is 3.64. The standard InChI is InChI=1S/C18H18O4/c1-12(21)18(15-4-2-13(10-19)3-5-15)16-8-6-14(7-9-16)17(22)11-20/h2-10,17-18,20,22H,11H2,1H3/t17-,18?/m1/s1. The predicted molar refractivity (Wildman–Crippen MR) is 82.8 cm³/mol. The van der Waals surface area contributed by atoms with Gasteiger partial charge in [-0.3, -0.25) is 9.59 Å². The number of carbonyl (C=O) groups is 2. The van der Waals surface area contributed by atoms with Crippen LogP contribution in [0.1, 0.15) is 46.0 Å². The van der Waals surface area contributed by atoms with Crippen LogP contribution in [0.5, 0.6) is 0 Å². The lowest BCUT2D eigenvalue weighted by Crippen LogP contribution is -2.11. The van der Waals surface area contributed by atoms with Gasteiger partial charge in [0.05, 0.1) is 12.5 Å². The maximum Gasteiger partial charge on any atom is 0.150 e. The first-order valence-electron chi connectivity index (χ1n) is 7.01. The number of aliphatic hydroxyl groups excluding tert-OH is 2. The monoisotopic (exact) mass is 298 g/mol. The van der Waals surface area contributed by atoms with Crippen LogP contribution in [-0.2, 0) is 4.79 Å². The average Bonchev–Trinajstić information content (AvgIpc) is 2.55. The molecule has 4 nitrogen and oxygen atoms in total. The molecule has 0 bridgehead atoms. The van der Waals surface area contributed by atoms with E-state index in [4.69, 9.17) is 5.11 Å². The van der Waals surface area contributed by atoms with Crippen LogP contribution in [0, 0.1) is 0 Å². The highest BCUT2D eigenvalue weighted by Crippen LogP contribution is 2.27. The van der Waals surface area contributed by atoms with Crippen LogP contribution in [0.3, 0.4) is 0 Å². The van der Waals surface area contributed by atoms with Crippen LogP contribution in [-0.4, -0.2) is 28.9 Å². The Morgan fingerprint density at radius 2 is 1.45 bits per heavy atom. The Morgan fingerprint density at radius 1 is 1.00 bits per heavy atom. The molecule has 0 fully saturated rings. The summed E-state index contributed by atoms with van der Waals surface area (Å²) in [4.78, 5) is 22.7. The summed E-state index contributed by atoms with van der Waals surface area (Å²) < 4.78 is 0. The van der Waals surface area contributed by atoms with E-state index in [0.29, 0.717) is 11.1 Å². The van der Waals surface area contributed by atoms with Gasteiger partial charge in [0.1, 0.15) is 18.2 Å². The van der Waals surface area contributed by atoms with E-state index in [1.165, 1.54) is 6.92 Å². The van der Waals surface area contributed by atoms with Crippen molar-refractivity contribution in [3.63, 3.8) is 0 Å². The maximum absolute atomic E-state index is 12.0. The van der Waals surface area contributed by atoms with Crippen molar-refractivity contribution < 1.29 is 19.8 Å². The van der Waals surface area contributed by atoms with Gasteiger partial charge < -0.3 is 10.2 Å². The molecule has 0 spiro atoms. The van der Waals surface area contributed by atoms with E-state index in [-0.39, 0.29) is 12.4 Å². The summed E-state index contributed by atoms with van der Waals surface area (Å²) >= 11 is 0. The number of rotatable bonds is 6. The summed E-state index contributed by atoms with van der Waals surface area (Å²) in [6.07, 6.45) is -0.158. The summed E-state index contributed by atoms with van der Waals surface area (Å²) in [5.74, 6) is -0.421. The number of benzene rings is 2. The largest absolute Gasteiger partial charge is 0.393 e. The molecule has 4 heteroatoms. The molecule has 0 saturated carbocycles. The van der Waals surface area contributed by atoms with Crippen LogP contribution in [0.15, 0.2) is 48.5 Å². The highest BCUT2D eigenvalue weighted by atomic mass is 16.3. The number of aliphatic hydroxyl groups is 2. The minimum Gasteiger partial charge on any atom is -0.393 e. The maximum atomic E-state index is 12.0. The lowest BCUT2D eigenvalue weighted by Gasteiger charge is -2.16. The number of hydrogen-bond donors (Lipinski definition) is 2. The molecule has 1 unspecified atom stereocenters. The average molecular weight is 298 g/mol. The number of Topliss-reactive ketones (excluding diaryl/α,β-unsaturated/α-hetero) is 1. The molecule has 0 aliphatic carbocycles. The van der Waals surface area contributed by atoms with Crippen molar-refractivity contribution in [2.24, 2.45) is 0 Å². The second kappa shape index (κ2) is 7.11. The SMILES string of the molecule is CC(=O)C(c1ccc(C=O)cc1)c1ccc([C@H](O)CO)cc1. The first-order valence-corrected chi connectivity index (χ1v) is 7.01. The highest BCUT2D eigenvalue weighted by molar-refractivity contribution is 5.87. The van der Waals surface area contributed by atoms with Crippen LogP contribution >= 0.6 is 0 Å². The molecule has 2 aromatic carbocycles. The number of ketones is 1. The van der Waals surface area contributed by atoms with Gasteiger partial charge in [0.15, 0.2) is 0 Å². The zero-order chi connectivity index (χ0) is 16.1. The summed E-state index contributed by atoms with van der Waals surface area (Å²) in [7, 11) is 0. The van der Waals surface area contributed by atoms with Crippen molar-refractivity contribution in [3.05, 3.63) is 70.8 Å². The van der Waals surface area contributed by atoms with Gasteiger partial charge in [0, 0.05) is 5.56 Å². The van der Waals surface area contributed by atoms with Crippen molar-refractivity contribution in [2.75, 3.05) is 6.61 Å². The molecular formula is C18H18O4. The van der Waals surface area contributed by atoms with Gasteiger partial charge in [0.2, 0.25) is 0 Å². The quantitative estimate of drug-likeness (QED) is 0.802. The fraction of sp³-hybridized carbons (Fsp3) is 0.222. The third-order valence-corrected chi connectivity index (χ3v) is 3.64. The Labute approximate surface area is 129 Å². The van der Waals surface area contributed by atoms with Gasteiger partial charge in [-0.1, -0.05) is 48.5 Å². The summed E-state index contributed by atoms with van der Waals surface area (Å²) in [6, 6.07) is 13.8. The zero-order valence-electron chi connectivity index (χ0n) is 12.3. The minimum absolute atomic E-state index is 0.00527. The van der Waals surface area contributed by atoms with Gasteiger partial charge in [-0.05, 0) is 23.6 Å². The first kappa shape index (κ1) is 16.1. The predicted octanol–water partition coefficient (Wildman–Crippen LogP) is 2.25. The van der Waals surface area contributed by atoms with E-state index >= 15 is 0 Å². The molecule has 0 heterocycles. The van der Waals surface area contributed by atoms with Gasteiger partial charge >= 0.3 is 0 Å². The van der Waals surface area contributed by atoms with E-state index in [1.54, 1.807) is 48.5 Å². The molecule has 2 aromatic rings. The first-order chi connectivity index (χ1) is 10.6. The molecule has 0 radical (unpaired) electrons. The van der Waals surface area contributed by atoms with E-state index < -0.39 is 12.0 Å². The van der Waals surface area contributed by atoms with Crippen LogP contribution in [0.2, 0.25) is 0 Å². The molecule has 0 aliphatic rings. The molecule has 0 aromatic heterocycles. The number of hydrogen-bond acceptors (Lipinski definition) is 4. The molecule has 2 rings (SSSR count). The molecule has 0 aliphatic heterocycles. The minimum atomic E-state index is -0.920. The Kier molecular flexibility index (Phi) is 5.20. The topological polar surface area (TPSA) is 74.6 Å². The molecule has 0 amide bonds. The van der Waals surface area contributed by atoms with Gasteiger partial charge in [-0.15, -0.1) is 0 Å².